The van der Waals surface area contributed by atoms with Gasteiger partial charge in [-0.2, -0.15) is 0 Å². The highest BCUT2D eigenvalue weighted by molar-refractivity contribution is 7.97. The average Bonchev–Trinajstić information content (AvgIpc) is 2.73. The van der Waals surface area contributed by atoms with Crippen LogP contribution in [0, 0.1) is 11.6 Å². The maximum Gasteiger partial charge on any atom is 0.268 e. The fourth-order valence-corrected chi connectivity index (χ4v) is 5.15. The van der Waals surface area contributed by atoms with Crippen LogP contribution in [0.4, 0.5) is 14.5 Å². The van der Waals surface area contributed by atoms with Crippen molar-refractivity contribution in [1.82, 2.24) is 4.90 Å². The Bertz CT molecular complexity index is 1190. The molecule has 0 spiro atoms. The molecule has 156 valence electrons. The van der Waals surface area contributed by atoms with E-state index >= 15 is 0 Å². The first-order valence-corrected chi connectivity index (χ1v) is 10.9. The van der Waals surface area contributed by atoms with E-state index in [9.17, 15) is 26.8 Å². The zero-order valence-corrected chi connectivity index (χ0v) is 16.6. The SMILES string of the molecule is O=C1C(N2CCCCC2)=C(S(=O)(=O)Nc2ccc(F)cc2F)C(=O)c2ccccc21. The van der Waals surface area contributed by atoms with Crippen molar-refractivity contribution in [2.75, 3.05) is 17.8 Å². The van der Waals surface area contributed by atoms with Gasteiger partial charge in [0, 0.05) is 30.3 Å². The lowest BCUT2D eigenvalue weighted by Gasteiger charge is -2.33. The van der Waals surface area contributed by atoms with Gasteiger partial charge in [-0.1, -0.05) is 24.3 Å². The van der Waals surface area contributed by atoms with Crippen LogP contribution in [0.15, 0.2) is 53.1 Å². The van der Waals surface area contributed by atoms with Gasteiger partial charge in [-0.05, 0) is 31.4 Å². The molecule has 2 aliphatic rings. The van der Waals surface area contributed by atoms with Crippen LogP contribution >= 0.6 is 0 Å². The summed E-state index contributed by atoms with van der Waals surface area (Å²) in [4.78, 5) is 27.3. The Morgan fingerprint density at radius 2 is 1.50 bits per heavy atom. The molecule has 1 heterocycles. The maximum absolute atomic E-state index is 14.1. The third-order valence-electron chi connectivity index (χ3n) is 5.17. The molecular formula is C21H18F2N2O4S. The zero-order chi connectivity index (χ0) is 21.5. The molecule has 2 aromatic carbocycles. The molecule has 1 N–H and O–H groups in total. The summed E-state index contributed by atoms with van der Waals surface area (Å²) in [5.74, 6) is -3.40. The van der Waals surface area contributed by atoms with Crippen LogP contribution < -0.4 is 4.72 Å². The Morgan fingerprint density at radius 3 is 2.13 bits per heavy atom. The number of piperidine rings is 1. The Kier molecular flexibility index (Phi) is 5.15. The van der Waals surface area contributed by atoms with E-state index in [2.05, 4.69) is 0 Å². The molecule has 0 saturated carbocycles. The first kappa shape index (κ1) is 20.2. The number of allylic oxidation sites excluding steroid dienone is 2. The Labute approximate surface area is 172 Å². The van der Waals surface area contributed by atoms with Gasteiger partial charge in [0.05, 0.1) is 5.69 Å². The highest BCUT2D eigenvalue weighted by atomic mass is 32.2. The first-order chi connectivity index (χ1) is 14.3. The lowest BCUT2D eigenvalue weighted by atomic mass is 9.91. The summed E-state index contributed by atoms with van der Waals surface area (Å²) in [6.45, 7) is 0.862. The number of nitrogens with one attached hydrogen (secondary N) is 1. The number of rotatable bonds is 4. The smallest absolute Gasteiger partial charge is 0.268 e. The van der Waals surface area contributed by atoms with Crippen molar-refractivity contribution in [1.29, 1.82) is 0 Å². The maximum atomic E-state index is 14.1. The van der Waals surface area contributed by atoms with Gasteiger partial charge in [-0.25, -0.2) is 17.2 Å². The first-order valence-electron chi connectivity index (χ1n) is 9.45. The minimum absolute atomic E-state index is 0.0248. The van der Waals surface area contributed by atoms with Gasteiger partial charge in [0.1, 0.15) is 17.3 Å². The summed E-state index contributed by atoms with van der Waals surface area (Å²) in [6, 6.07) is 8.35. The summed E-state index contributed by atoms with van der Waals surface area (Å²) < 4.78 is 55.6. The summed E-state index contributed by atoms with van der Waals surface area (Å²) in [7, 11) is -4.64. The number of likely N-dealkylation sites (tertiary alicyclic amines) is 1. The van der Waals surface area contributed by atoms with Gasteiger partial charge in [0.15, 0.2) is 4.91 Å². The van der Waals surface area contributed by atoms with Crippen molar-refractivity contribution in [3.05, 3.63) is 75.8 Å². The van der Waals surface area contributed by atoms with E-state index in [1.54, 1.807) is 11.0 Å². The number of carbonyl (C=O) groups excluding carboxylic acids is 2. The van der Waals surface area contributed by atoms with E-state index in [1.807, 2.05) is 4.72 Å². The van der Waals surface area contributed by atoms with Crippen LogP contribution in [-0.2, 0) is 10.0 Å². The molecule has 6 nitrogen and oxygen atoms in total. The lowest BCUT2D eigenvalue weighted by molar-refractivity contribution is 0.0939. The number of hydrogen-bond acceptors (Lipinski definition) is 5. The molecule has 0 aromatic heterocycles. The molecule has 4 rings (SSSR count). The van der Waals surface area contributed by atoms with E-state index in [1.165, 1.54) is 18.2 Å². The molecule has 30 heavy (non-hydrogen) atoms. The normalized spacial score (nSPS) is 17.2. The van der Waals surface area contributed by atoms with Crippen LogP contribution in [0.1, 0.15) is 40.0 Å². The molecule has 0 atom stereocenters. The number of ketones is 2. The molecular weight excluding hydrogens is 414 g/mol. The van der Waals surface area contributed by atoms with Crippen LogP contribution in [-0.4, -0.2) is 38.0 Å². The van der Waals surface area contributed by atoms with Gasteiger partial charge >= 0.3 is 0 Å². The number of Topliss-reactive ketones (excluding diaryl/α,β-unsaturated/α-hetero) is 2. The molecule has 0 radical (unpaired) electrons. The molecule has 1 aliphatic carbocycles. The van der Waals surface area contributed by atoms with Gasteiger partial charge < -0.3 is 4.90 Å². The number of benzene rings is 2. The summed E-state index contributed by atoms with van der Waals surface area (Å²) >= 11 is 0. The minimum Gasteiger partial charge on any atom is -0.367 e. The molecule has 9 heteroatoms. The number of anilines is 1. The van der Waals surface area contributed by atoms with Gasteiger partial charge in [0.25, 0.3) is 10.0 Å². The minimum atomic E-state index is -4.64. The fourth-order valence-electron chi connectivity index (χ4n) is 3.76. The van der Waals surface area contributed by atoms with E-state index in [-0.39, 0.29) is 16.8 Å². The zero-order valence-electron chi connectivity index (χ0n) is 15.8. The quantitative estimate of drug-likeness (QED) is 0.800. The molecule has 0 unspecified atom stereocenters. The Balaban J connectivity index is 1.87. The highest BCUT2D eigenvalue weighted by Gasteiger charge is 2.41. The second-order valence-corrected chi connectivity index (χ2v) is 8.78. The number of halogens is 2. The van der Waals surface area contributed by atoms with Crippen molar-refractivity contribution in [2.24, 2.45) is 0 Å². The Morgan fingerprint density at radius 1 is 0.867 bits per heavy atom. The van der Waals surface area contributed by atoms with Crippen molar-refractivity contribution in [3.8, 4) is 0 Å². The van der Waals surface area contributed by atoms with Crippen LogP contribution in [0.5, 0.6) is 0 Å². The van der Waals surface area contributed by atoms with Gasteiger partial charge in [-0.3, -0.25) is 14.3 Å². The van der Waals surface area contributed by atoms with Gasteiger partial charge in [-0.15, -0.1) is 0 Å². The average molecular weight is 432 g/mol. The number of nitrogens with zero attached hydrogens (tertiary/aromatic N) is 1. The topological polar surface area (TPSA) is 83.6 Å². The van der Waals surface area contributed by atoms with E-state index < -0.39 is 43.8 Å². The summed E-state index contributed by atoms with van der Waals surface area (Å²) in [5.41, 5.74) is -0.604. The van der Waals surface area contributed by atoms with Crippen molar-refractivity contribution in [3.63, 3.8) is 0 Å². The number of fused-ring (bicyclic) bond motifs is 1. The van der Waals surface area contributed by atoms with Crippen LogP contribution in [0.3, 0.4) is 0 Å². The monoisotopic (exact) mass is 432 g/mol. The number of sulfonamides is 1. The number of carbonyl (C=O) groups is 2. The molecule has 1 fully saturated rings. The van der Waals surface area contributed by atoms with Crippen LogP contribution in [0.25, 0.3) is 0 Å². The van der Waals surface area contributed by atoms with Gasteiger partial charge in [0.2, 0.25) is 11.6 Å². The second kappa shape index (κ2) is 7.64. The predicted molar refractivity (Wildman–Crippen MR) is 106 cm³/mol. The summed E-state index contributed by atoms with van der Waals surface area (Å²) in [5, 5.41) is 0. The molecule has 0 bridgehead atoms. The molecule has 1 saturated heterocycles. The molecule has 0 amide bonds. The third-order valence-corrected chi connectivity index (χ3v) is 6.57. The summed E-state index contributed by atoms with van der Waals surface area (Å²) in [6.07, 6.45) is 2.43. The molecule has 1 aliphatic heterocycles. The fraction of sp³-hybridized carbons (Fsp3) is 0.238. The van der Waals surface area contributed by atoms with Crippen molar-refractivity contribution >= 4 is 27.3 Å². The van der Waals surface area contributed by atoms with E-state index in [0.717, 1.165) is 31.4 Å². The largest absolute Gasteiger partial charge is 0.367 e. The van der Waals surface area contributed by atoms with E-state index in [4.69, 9.17) is 0 Å². The third kappa shape index (κ3) is 3.49. The Hall–Kier alpha value is -3.07. The van der Waals surface area contributed by atoms with E-state index in [0.29, 0.717) is 19.2 Å². The standard InChI is InChI=1S/C21H18F2N2O4S/c22-13-8-9-17(16(23)12-13)24-30(28,29)21-18(25-10-4-1-5-11-25)19(26)14-6-2-3-7-15(14)20(21)27/h2-3,6-9,12,24H,1,4-5,10-11H2. The van der Waals surface area contributed by atoms with Crippen molar-refractivity contribution < 1.29 is 26.8 Å². The van der Waals surface area contributed by atoms with Crippen LogP contribution in [0.2, 0.25) is 0 Å². The lowest BCUT2D eigenvalue weighted by Crippen LogP contribution is -2.40. The second-order valence-electron chi connectivity index (χ2n) is 7.16. The number of hydrogen-bond donors (Lipinski definition) is 1. The highest BCUT2D eigenvalue weighted by Crippen LogP contribution is 2.33. The molecule has 2 aromatic rings. The van der Waals surface area contributed by atoms with Crippen molar-refractivity contribution in [2.45, 2.75) is 19.3 Å². The predicted octanol–water partition coefficient (Wildman–Crippen LogP) is 3.48.